The Morgan fingerprint density at radius 3 is 2.60 bits per heavy atom. The van der Waals surface area contributed by atoms with E-state index in [2.05, 4.69) is 4.90 Å². The van der Waals surface area contributed by atoms with Crippen LogP contribution in [-0.4, -0.2) is 110 Å². The molecule has 1 amide bonds. The maximum Gasteiger partial charge on any atom is 0.316 e. The second kappa shape index (κ2) is 10.2. The summed E-state index contributed by atoms with van der Waals surface area (Å²) in [7, 11) is 7.09. The molecule has 2 unspecified atom stereocenters. The van der Waals surface area contributed by atoms with Crippen LogP contribution in [0.4, 0.5) is 0 Å². The molecule has 1 spiro atoms. The number of amides is 1. The Bertz CT molecular complexity index is 642. The first-order valence-electron chi connectivity index (χ1n) is 10.6. The average Bonchev–Trinajstić information content (AvgIpc) is 3.14. The number of Topliss-reactive ketones (excluding diaryl/α,β-unsaturated/α-hetero) is 1. The molecule has 0 radical (unpaired) electrons. The Morgan fingerprint density at radius 2 is 1.97 bits per heavy atom. The maximum atomic E-state index is 12.6. The molecule has 0 saturated carbocycles. The van der Waals surface area contributed by atoms with Gasteiger partial charge in [0.15, 0.2) is 5.79 Å². The fraction of sp³-hybridized carbons (Fsp3) is 0.857. The predicted octanol–water partition coefficient (Wildman–Crippen LogP) is 0.108. The van der Waals surface area contributed by atoms with Gasteiger partial charge in [0, 0.05) is 39.5 Å². The van der Waals surface area contributed by atoms with Crippen LogP contribution in [0.2, 0.25) is 0 Å². The van der Waals surface area contributed by atoms with E-state index >= 15 is 0 Å². The number of hydrogen-bond donors (Lipinski definition) is 1. The SMILES string of the molecule is CO[C@]1(O)CCCN(C)C2(CCN(C(=O)CN(C)C)C2)COC(=O)C(C)C(=O)CC1. The van der Waals surface area contributed by atoms with E-state index in [9.17, 15) is 19.5 Å². The smallest absolute Gasteiger partial charge is 0.316 e. The van der Waals surface area contributed by atoms with Crippen molar-refractivity contribution in [1.29, 1.82) is 0 Å². The second-order valence-electron chi connectivity index (χ2n) is 9.00. The van der Waals surface area contributed by atoms with Crippen molar-refractivity contribution in [3.8, 4) is 0 Å². The first-order chi connectivity index (χ1) is 14.0. The van der Waals surface area contributed by atoms with Crippen molar-refractivity contribution in [2.45, 2.75) is 50.4 Å². The van der Waals surface area contributed by atoms with Gasteiger partial charge >= 0.3 is 5.97 Å². The number of esters is 1. The van der Waals surface area contributed by atoms with Gasteiger partial charge in [0.25, 0.3) is 0 Å². The van der Waals surface area contributed by atoms with Crippen molar-refractivity contribution in [2.75, 3.05) is 61.0 Å². The molecule has 2 fully saturated rings. The van der Waals surface area contributed by atoms with Gasteiger partial charge in [-0.1, -0.05) is 0 Å². The highest BCUT2D eigenvalue weighted by atomic mass is 16.6. The minimum absolute atomic E-state index is 0.0387. The van der Waals surface area contributed by atoms with Crippen molar-refractivity contribution in [1.82, 2.24) is 14.7 Å². The molecule has 2 rings (SSSR count). The molecular weight excluding hydrogens is 390 g/mol. The van der Waals surface area contributed by atoms with E-state index in [4.69, 9.17) is 9.47 Å². The summed E-state index contributed by atoms with van der Waals surface area (Å²) in [4.78, 5) is 43.3. The van der Waals surface area contributed by atoms with Crippen LogP contribution in [0.1, 0.15) is 39.0 Å². The first kappa shape index (κ1) is 24.7. The van der Waals surface area contributed by atoms with E-state index < -0.39 is 23.2 Å². The molecule has 172 valence electrons. The molecule has 30 heavy (non-hydrogen) atoms. The maximum absolute atomic E-state index is 12.6. The molecule has 2 saturated heterocycles. The van der Waals surface area contributed by atoms with E-state index in [1.165, 1.54) is 14.0 Å². The Hall–Kier alpha value is -1.55. The molecule has 2 aliphatic heterocycles. The third-order valence-electron chi connectivity index (χ3n) is 6.47. The molecule has 9 heteroatoms. The van der Waals surface area contributed by atoms with Gasteiger partial charge in [-0.05, 0) is 47.5 Å². The van der Waals surface area contributed by atoms with E-state index in [1.807, 2.05) is 30.9 Å². The van der Waals surface area contributed by atoms with Gasteiger partial charge in [-0.2, -0.15) is 0 Å². The normalized spacial score (nSPS) is 32.6. The standard InChI is InChI=1S/C21H37N3O6/c1-16-17(25)7-9-21(28,29-5)8-6-11-23(4)20(15-30-19(16)27)10-12-24(14-20)18(26)13-22(2)3/h16,28H,6-15H2,1-5H3/t16?,20?,21-/m1/s1. The number of carbonyl (C=O) groups excluding carboxylic acids is 3. The molecule has 0 aromatic carbocycles. The lowest BCUT2D eigenvalue weighted by molar-refractivity contribution is -0.196. The summed E-state index contributed by atoms with van der Waals surface area (Å²) in [6.45, 7) is 3.67. The summed E-state index contributed by atoms with van der Waals surface area (Å²) >= 11 is 0. The number of ether oxygens (including phenoxy) is 2. The Balaban J connectivity index is 2.21. The Morgan fingerprint density at radius 1 is 1.27 bits per heavy atom. The zero-order chi connectivity index (χ0) is 22.5. The highest BCUT2D eigenvalue weighted by Crippen LogP contribution is 2.30. The number of rotatable bonds is 3. The van der Waals surface area contributed by atoms with Gasteiger partial charge in [-0.3, -0.25) is 19.3 Å². The number of hydrogen-bond acceptors (Lipinski definition) is 8. The average molecular weight is 428 g/mol. The summed E-state index contributed by atoms with van der Waals surface area (Å²) < 4.78 is 10.9. The van der Waals surface area contributed by atoms with Crippen molar-refractivity contribution in [2.24, 2.45) is 5.92 Å². The van der Waals surface area contributed by atoms with Crippen molar-refractivity contribution >= 4 is 17.7 Å². The molecule has 9 nitrogen and oxygen atoms in total. The van der Waals surface area contributed by atoms with Crippen LogP contribution in [-0.2, 0) is 23.9 Å². The number of cyclic esters (lactones) is 1. The number of aliphatic hydroxyl groups is 1. The monoisotopic (exact) mass is 427 g/mol. The fourth-order valence-electron chi connectivity index (χ4n) is 4.14. The summed E-state index contributed by atoms with van der Waals surface area (Å²) in [5.41, 5.74) is -0.514. The van der Waals surface area contributed by atoms with E-state index in [0.29, 0.717) is 45.4 Å². The lowest BCUT2D eigenvalue weighted by Gasteiger charge is -2.38. The molecule has 3 atom stereocenters. The zero-order valence-electron chi connectivity index (χ0n) is 19.0. The minimum Gasteiger partial charge on any atom is -0.463 e. The first-order valence-corrected chi connectivity index (χ1v) is 10.6. The van der Waals surface area contributed by atoms with E-state index in [-0.39, 0.29) is 31.1 Å². The van der Waals surface area contributed by atoms with Crippen LogP contribution in [0.3, 0.4) is 0 Å². The Labute approximate surface area is 179 Å². The van der Waals surface area contributed by atoms with E-state index in [1.54, 1.807) is 0 Å². The number of methoxy groups -OCH3 is 1. The fourth-order valence-corrected chi connectivity index (χ4v) is 4.14. The molecular formula is C21H37N3O6. The summed E-state index contributed by atoms with van der Waals surface area (Å²) in [5, 5.41) is 10.7. The molecule has 0 aromatic heterocycles. The number of ketones is 1. The van der Waals surface area contributed by atoms with Crippen LogP contribution in [0, 0.1) is 5.92 Å². The third kappa shape index (κ3) is 6.00. The largest absolute Gasteiger partial charge is 0.463 e. The Kier molecular flexibility index (Phi) is 8.38. The number of nitrogens with zero attached hydrogens (tertiary/aromatic N) is 3. The summed E-state index contributed by atoms with van der Waals surface area (Å²) in [6, 6.07) is 0. The van der Waals surface area contributed by atoms with Crippen LogP contribution < -0.4 is 0 Å². The van der Waals surface area contributed by atoms with Gasteiger partial charge in [0.2, 0.25) is 5.91 Å². The lowest BCUT2D eigenvalue weighted by Crippen LogP contribution is -2.54. The van der Waals surface area contributed by atoms with Gasteiger partial charge in [0.05, 0.1) is 12.1 Å². The number of likely N-dealkylation sites (N-methyl/N-ethyl adjacent to an activating group) is 2. The van der Waals surface area contributed by atoms with Gasteiger partial charge in [0.1, 0.15) is 18.3 Å². The molecule has 2 aliphatic rings. The van der Waals surface area contributed by atoms with Crippen LogP contribution >= 0.6 is 0 Å². The van der Waals surface area contributed by atoms with Crippen molar-refractivity contribution < 1.29 is 29.0 Å². The molecule has 0 aliphatic carbocycles. The summed E-state index contributed by atoms with van der Waals surface area (Å²) in [5.74, 6) is -3.10. The van der Waals surface area contributed by atoms with Crippen molar-refractivity contribution in [3.05, 3.63) is 0 Å². The van der Waals surface area contributed by atoms with E-state index in [0.717, 1.165) is 0 Å². The molecule has 0 aromatic rings. The third-order valence-corrected chi connectivity index (χ3v) is 6.47. The van der Waals surface area contributed by atoms with Crippen LogP contribution in [0.15, 0.2) is 0 Å². The van der Waals surface area contributed by atoms with Gasteiger partial charge < -0.3 is 24.4 Å². The highest BCUT2D eigenvalue weighted by Gasteiger charge is 2.45. The van der Waals surface area contributed by atoms with Crippen LogP contribution in [0.5, 0.6) is 0 Å². The quantitative estimate of drug-likeness (QED) is 0.385. The second-order valence-corrected chi connectivity index (χ2v) is 9.00. The van der Waals surface area contributed by atoms with Crippen LogP contribution in [0.25, 0.3) is 0 Å². The zero-order valence-corrected chi connectivity index (χ0v) is 19.0. The van der Waals surface area contributed by atoms with Gasteiger partial charge in [-0.15, -0.1) is 0 Å². The lowest BCUT2D eigenvalue weighted by atomic mass is 9.96. The topological polar surface area (TPSA) is 99.6 Å². The predicted molar refractivity (Wildman–Crippen MR) is 111 cm³/mol. The number of likely N-dealkylation sites (tertiary alicyclic amines) is 1. The minimum atomic E-state index is -1.40. The molecule has 0 bridgehead atoms. The molecule has 1 N–H and O–H groups in total. The van der Waals surface area contributed by atoms with Gasteiger partial charge in [-0.25, -0.2) is 0 Å². The molecule has 2 heterocycles. The summed E-state index contributed by atoms with van der Waals surface area (Å²) in [6.07, 6.45) is 1.89. The number of carbonyl (C=O) groups is 3. The highest BCUT2D eigenvalue weighted by molar-refractivity contribution is 5.98. The van der Waals surface area contributed by atoms with Crippen molar-refractivity contribution in [3.63, 3.8) is 0 Å².